The molecular formula is C16H26N2. The van der Waals surface area contributed by atoms with Crippen molar-refractivity contribution in [3.05, 3.63) is 36.6 Å². The molecular weight excluding hydrogens is 220 g/mol. The van der Waals surface area contributed by atoms with Crippen LogP contribution in [0, 0.1) is 18.3 Å². The minimum absolute atomic E-state index is 0.538. The molecule has 0 fully saturated rings. The molecule has 0 radical (unpaired) electrons. The van der Waals surface area contributed by atoms with Gasteiger partial charge in [-0.1, -0.05) is 43.6 Å². The van der Waals surface area contributed by atoms with Crippen molar-refractivity contribution in [1.82, 2.24) is 4.90 Å². The molecule has 0 aliphatic heterocycles. The predicted octanol–water partition coefficient (Wildman–Crippen LogP) is 2.94. The number of nitrogens with two attached hydrogens (primary N) is 1. The largest absolute Gasteiger partial charge is 0.381 e. The summed E-state index contributed by atoms with van der Waals surface area (Å²) in [6.07, 6.45) is 16.2. The van der Waals surface area contributed by atoms with E-state index in [2.05, 4.69) is 30.4 Å². The van der Waals surface area contributed by atoms with Crippen LogP contribution >= 0.6 is 0 Å². The molecule has 0 aromatic heterocycles. The summed E-state index contributed by atoms with van der Waals surface area (Å²) in [5.41, 5.74) is 7.03. The van der Waals surface area contributed by atoms with Crippen LogP contribution in [0.15, 0.2) is 36.6 Å². The van der Waals surface area contributed by atoms with Crippen LogP contribution in [-0.4, -0.2) is 25.0 Å². The average molecular weight is 246 g/mol. The summed E-state index contributed by atoms with van der Waals surface area (Å²) in [7, 11) is 2.02. The molecule has 1 atom stereocenters. The molecule has 2 N–H and O–H groups in total. The summed E-state index contributed by atoms with van der Waals surface area (Å²) >= 11 is 0. The topological polar surface area (TPSA) is 29.3 Å². The van der Waals surface area contributed by atoms with Crippen molar-refractivity contribution < 1.29 is 0 Å². The smallest absolute Gasteiger partial charge is 0.0203 e. The summed E-state index contributed by atoms with van der Waals surface area (Å²) in [6.45, 7) is 7.60. The van der Waals surface area contributed by atoms with Gasteiger partial charge in [0, 0.05) is 13.6 Å². The second kappa shape index (κ2) is 10.7. The van der Waals surface area contributed by atoms with Crippen molar-refractivity contribution in [3.8, 4) is 12.3 Å². The summed E-state index contributed by atoms with van der Waals surface area (Å²) in [5, 5.41) is 0. The third-order valence-corrected chi connectivity index (χ3v) is 3.03. The second-order valence-corrected chi connectivity index (χ2v) is 4.44. The zero-order valence-electron chi connectivity index (χ0n) is 11.7. The van der Waals surface area contributed by atoms with Gasteiger partial charge in [-0.2, -0.15) is 0 Å². The van der Waals surface area contributed by atoms with Crippen molar-refractivity contribution in [2.75, 3.05) is 20.1 Å². The molecule has 18 heavy (non-hydrogen) atoms. The van der Waals surface area contributed by atoms with Gasteiger partial charge in [0.25, 0.3) is 0 Å². The first kappa shape index (κ1) is 16.5. The van der Waals surface area contributed by atoms with E-state index in [9.17, 15) is 0 Å². The summed E-state index contributed by atoms with van der Waals surface area (Å²) in [4.78, 5) is 2.07. The van der Waals surface area contributed by atoms with Crippen molar-refractivity contribution in [3.63, 3.8) is 0 Å². The highest BCUT2D eigenvalue weighted by Gasteiger charge is 2.05. The first-order valence-electron chi connectivity index (χ1n) is 6.52. The number of rotatable bonds is 9. The molecule has 2 nitrogen and oxygen atoms in total. The Labute approximate surface area is 112 Å². The Kier molecular flexibility index (Phi) is 9.81. The molecule has 0 rings (SSSR count). The Morgan fingerprint density at radius 2 is 2.28 bits per heavy atom. The van der Waals surface area contributed by atoms with Crippen molar-refractivity contribution in [2.45, 2.75) is 26.2 Å². The summed E-state index contributed by atoms with van der Waals surface area (Å²) < 4.78 is 0. The van der Waals surface area contributed by atoms with Crippen molar-refractivity contribution >= 4 is 0 Å². The number of hydrogen-bond acceptors (Lipinski definition) is 2. The van der Waals surface area contributed by atoms with Crippen molar-refractivity contribution in [1.29, 1.82) is 0 Å². The number of nitrogens with zero attached hydrogens (tertiary/aromatic N) is 1. The maximum atomic E-state index is 5.75. The SMILES string of the molecule is C#C/C=C\C(=C/CCN(C)C=C)CC(CC)CN. The Morgan fingerprint density at radius 3 is 2.78 bits per heavy atom. The van der Waals surface area contributed by atoms with E-state index in [1.165, 1.54) is 5.57 Å². The lowest BCUT2D eigenvalue weighted by atomic mass is 9.96. The van der Waals surface area contributed by atoms with Gasteiger partial charge in [-0.25, -0.2) is 0 Å². The normalized spacial score (nSPS) is 13.3. The van der Waals surface area contributed by atoms with Gasteiger partial charge in [0.2, 0.25) is 0 Å². The highest BCUT2D eigenvalue weighted by atomic mass is 15.1. The molecule has 0 saturated carbocycles. The van der Waals surface area contributed by atoms with Crippen LogP contribution in [0.1, 0.15) is 26.2 Å². The van der Waals surface area contributed by atoms with E-state index in [1.54, 1.807) is 6.08 Å². The lowest BCUT2D eigenvalue weighted by Gasteiger charge is -2.14. The van der Waals surface area contributed by atoms with Gasteiger partial charge in [0.1, 0.15) is 0 Å². The van der Waals surface area contributed by atoms with Crippen LogP contribution < -0.4 is 5.73 Å². The van der Waals surface area contributed by atoms with Gasteiger partial charge >= 0.3 is 0 Å². The summed E-state index contributed by atoms with van der Waals surface area (Å²) in [6, 6.07) is 0. The molecule has 0 saturated heterocycles. The highest BCUT2D eigenvalue weighted by molar-refractivity contribution is 5.25. The molecule has 0 aliphatic carbocycles. The van der Waals surface area contributed by atoms with E-state index < -0.39 is 0 Å². The molecule has 0 heterocycles. The van der Waals surface area contributed by atoms with Gasteiger partial charge < -0.3 is 10.6 Å². The van der Waals surface area contributed by atoms with Gasteiger partial charge in [-0.15, -0.1) is 6.42 Å². The fourth-order valence-electron chi connectivity index (χ4n) is 1.65. The molecule has 100 valence electrons. The van der Waals surface area contributed by atoms with E-state index in [0.717, 1.165) is 32.4 Å². The van der Waals surface area contributed by atoms with Crippen LogP contribution in [0.5, 0.6) is 0 Å². The quantitative estimate of drug-likeness (QED) is 0.500. The van der Waals surface area contributed by atoms with Gasteiger partial charge in [-0.05, 0) is 37.6 Å². The first-order chi connectivity index (χ1) is 8.67. The third-order valence-electron chi connectivity index (χ3n) is 3.03. The van der Waals surface area contributed by atoms with Crippen LogP contribution in [0.2, 0.25) is 0 Å². The Hall–Kier alpha value is -1.46. The van der Waals surface area contributed by atoms with E-state index in [0.29, 0.717) is 5.92 Å². The fraction of sp³-hybridized carbons (Fsp3) is 0.500. The summed E-state index contributed by atoms with van der Waals surface area (Å²) in [5.74, 6) is 3.08. The van der Waals surface area contributed by atoms with E-state index >= 15 is 0 Å². The number of terminal acetylenes is 1. The third kappa shape index (κ3) is 7.76. The number of hydrogen-bond donors (Lipinski definition) is 1. The van der Waals surface area contributed by atoms with E-state index in [-0.39, 0.29) is 0 Å². The minimum atomic E-state index is 0.538. The zero-order chi connectivity index (χ0) is 13.8. The van der Waals surface area contributed by atoms with Gasteiger partial charge in [0.15, 0.2) is 0 Å². The fourth-order valence-corrected chi connectivity index (χ4v) is 1.65. The lowest BCUT2D eigenvalue weighted by Crippen LogP contribution is -2.14. The Bertz CT molecular complexity index is 316. The predicted molar refractivity (Wildman–Crippen MR) is 81.0 cm³/mol. The zero-order valence-corrected chi connectivity index (χ0v) is 11.7. The first-order valence-corrected chi connectivity index (χ1v) is 6.52. The number of allylic oxidation sites excluding steroid dienone is 3. The van der Waals surface area contributed by atoms with Crippen LogP contribution in [0.25, 0.3) is 0 Å². The molecule has 0 aromatic carbocycles. The lowest BCUT2D eigenvalue weighted by molar-refractivity contribution is 0.464. The molecule has 0 bridgehead atoms. The standard InChI is InChI=1S/C16H26N2/c1-5-8-10-16(13-15(6-2)14-17)11-9-12-18(4)7-3/h1,7-8,10-11,15H,3,6,9,12-14,17H2,2,4H3/b10-8-,16-11+. The molecule has 2 heteroatoms. The molecule has 0 amide bonds. The second-order valence-electron chi connectivity index (χ2n) is 4.44. The van der Waals surface area contributed by atoms with Crippen molar-refractivity contribution in [2.24, 2.45) is 11.7 Å². The monoisotopic (exact) mass is 246 g/mol. The van der Waals surface area contributed by atoms with Crippen LogP contribution in [0.4, 0.5) is 0 Å². The maximum absolute atomic E-state index is 5.75. The maximum Gasteiger partial charge on any atom is 0.0203 e. The molecule has 0 aromatic rings. The van der Waals surface area contributed by atoms with E-state index in [1.807, 2.05) is 19.3 Å². The van der Waals surface area contributed by atoms with Gasteiger partial charge in [-0.3, -0.25) is 0 Å². The highest BCUT2D eigenvalue weighted by Crippen LogP contribution is 2.16. The molecule has 1 unspecified atom stereocenters. The van der Waals surface area contributed by atoms with E-state index in [4.69, 9.17) is 12.2 Å². The molecule has 0 aliphatic rings. The average Bonchev–Trinajstić information content (AvgIpc) is 2.40. The molecule has 0 spiro atoms. The van der Waals surface area contributed by atoms with Crippen LogP contribution in [-0.2, 0) is 0 Å². The van der Waals surface area contributed by atoms with Gasteiger partial charge in [0.05, 0.1) is 0 Å². The van der Waals surface area contributed by atoms with Crippen LogP contribution in [0.3, 0.4) is 0 Å². The Morgan fingerprint density at radius 1 is 1.56 bits per heavy atom. The Balaban J connectivity index is 4.47. The minimum Gasteiger partial charge on any atom is -0.381 e.